The molecule has 3 aromatic carbocycles. The van der Waals surface area contributed by atoms with Crippen LogP contribution in [-0.2, 0) is 32.6 Å². The molecule has 0 fully saturated rings. The van der Waals surface area contributed by atoms with Gasteiger partial charge < -0.3 is 10.2 Å². The van der Waals surface area contributed by atoms with Crippen LogP contribution in [0.5, 0.6) is 0 Å². The molecule has 0 bridgehead atoms. The number of aryl methyl sites for hydroxylation is 1. The third kappa shape index (κ3) is 5.62. The van der Waals surface area contributed by atoms with E-state index in [2.05, 4.69) is 5.32 Å². The summed E-state index contributed by atoms with van der Waals surface area (Å²) in [6.07, 6.45) is 0.0339. The van der Waals surface area contributed by atoms with Crippen molar-refractivity contribution in [3.8, 4) is 0 Å². The fourth-order valence-corrected chi connectivity index (χ4v) is 6.18. The highest BCUT2D eigenvalue weighted by molar-refractivity contribution is 7.90. The van der Waals surface area contributed by atoms with E-state index in [1.807, 2.05) is 68.4 Å². The van der Waals surface area contributed by atoms with Crippen LogP contribution in [0.25, 0.3) is 0 Å². The van der Waals surface area contributed by atoms with E-state index in [9.17, 15) is 22.8 Å². The molecule has 0 aliphatic carbocycles. The topological polar surface area (TPSA) is 104 Å². The number of sulfonamides is 1. The van der Waals surface area contributed by atoms with Crippen molar-refractivity contribution >= 4 is 27.7 Å². The Morgan fingerprint density at radius 3 is 2.29 bits per heavy atom. The van der Waals surface area contributed by atoms with Gasteiger partial charge in [-0.3, -0.25) is 14.4 Å². The summed E-state index contributed by atoms with van der Waals surface area (Å²) < 4.78 is 26.7. The van der Waals surface area contributed by atoms with Crippen LogP contribution in [0.1, 0.15) is 40.4 Å². The predicted octanol–water partition coefficient (Wildman–Crippen LogP) is 3.31. The summed E-state index contributed by atoms with van der Waals surface area (Å²) in [7, 11) is -4.04. The van der Waals surface area contributed by atoms with Gasteiger partial charge in [-0.25, -0.2) is 12.7 Å². The largest absolute Gasteiger partial charge is 0.355 e. The number of nitrogens with zero attached hydrogens (tertiary/aromatic N) is 2. The smallest absolute Gasteiger partial charge is 0.269 e. The third-order valence-electron chi connectivity index (χ3n) is 6.66. The van der Waals surface area contributed by atoms with Crippen molar-refractivity contribution in [3.05, 3.63) is 101 Å². The number of carbonyl (C=O) groups excluding carboxylic acids is 3. The highest BCUT2D eigenvalue weighted by atomic mass is 32.2. The molecule has 0 saturated carbocycles. The van der Waals surface area contributed by atoms with Crippen LogP contribution in [-0.4, -0.2) is 54.5 Å². The molecule has 0 unspecified atom stereocenters. The summed E-state index contributed by atoms with van der Waals surface area (Å²) in [5, 5.41) is 2.84. The van der Waals surface area contributed by atoms with Gasteiger partial charge in [0.25, 0.3) is 15.9 Å². The Morgan fingerprint density at radius 1 is 0.947 bits per heavy atom. The second kappa shape index (κ2) is 11.6. The van der Waals surface area contributed by atoms with Crippen molar-refractivity contribution in [1.29, 1.82) is 0 Å². The molecule has 1 N–H and O–H groups in total. The number of benzene rings is 3. The monoisotopic (exact) mass is 533 g/mol. The molecule has 198 valence electrons. The van der Waals surface area contributed by atoms with Crippen LogP contribution < -0.4 is 5.32 Å². The fourth-order valence-electron chi connectivity index (χ4n) is 4.61. The lowest BCUT2D eigenvalue weighted by Gasteiger charge is -2.32. The summed E-state index contributed by atoms with van der Waals surface area (Å²) in [6.45, 7) is 4.00. The Kier molecular flexibility index (Phi) is 8.26. The zero-order valence-corrected chi connectivity index (χ0v) is 22.3. The first-order chi connectivity index (χ1) is 18.2. The van der Waals surface area contributed by atoms with Gasteiger partial charge in [-0.2, -0.15) is 0 Å². The molecule has 8 nitrogen and oxygen atoms in total. The van der Waals surface area contributed by atoms with Gasteiger partial charge in [0.2, 0.25) is 11.8 Å². The number of carbonyl (C=O) groups is 3. The lowest BCUT2D eigenvalue weighted by Crippen LogP contribution is -2.51. The standard InChI is InChI=1S/C29H31N3O5S/c1-3-30-28(34)25(19-22-12-5-4-6-13-22)31(20-23-14-8-7-11-21(23)2)27(33)17-18-32-29(35)24-15-9-10-16-26(24)38(32,36)37/h4-16,25H,3,17-20H2,1-2H3,(H,30,34)/t25-/m0/s1. The molecule has 3 aromatic rings. The van der Waals surface area contributed by atoms with Gasteiger partial charge in [-0.15, -0.1) is 0 Å². The molecule has 9 heteroatoms. The normalized spacial score (nSPS) is 14.6. The van der Waals surface area contributed by atoms with Crippen LogP contribution in [0.3, 0.4) is 0 Å². The molecule has 1 aliphatic rings. The first kappa shape index (κ1) is 27.1. The molecule has 1 aliphatic heterocycles. The number of amides is 3. The molecular weight excluding hydrogens is 502 g/mol. The highest BCUT2D eigenvalue weighted by Crippen LogP contribution is 2.30. The summed E-state index contributed by atoms with van der Waals surface area (Å²) in [5.74, 6) is -1.36. The van der Waals surface area contributed by atoms with Crippen molar-refractivity contribution in [1.82, 2.24) is 14.5 Å². The van der Waals surface area contributed by atoms with E-state index in [1.165, 1.54) is 17.0 Å². The van der Waals surface area contributed by atoms with Gasteiger partial charge in [-0.05, 0) is 42.7 Å². The van der Waals surface area contributed by atoms with Crippen molar-refractivity contribution in [3.63, 3.8) is 0 Å². The van der Waals surface area contributed by atoms with Crippen LogP contribution in [0.15, 0.2) is 83.8 Å². The molecule has 1 heterocycles. The van der Waals surface area contributed by atoms with Gasteiger partial charge in [0.15, 0.2) is 0 Å². The lowest BCUT2D eigenvalue weighted by molar-refractivity contribution is -0.141. The summed E-state index contributed by atoms with van der Waals surface area (Å²) in [5.41, 5.74) is 2.83. The summed E-state index contributed by atoms with van der Waals surface area (Å²) >= 11 is 0. The molecule has 0 saturated heterocycles. The third-order valence-corrected chi connectivity index (χ3v) is 8.51. The Labute approximate surface area is 223 Å². The second-order valence-electron chi connectivity index (χ2n) is 9.18. The molecule has 0 radical (unpaired) electrons. The SMILES string of the molecule is CCNC(=O)[C@H](Cc1ccccc1)N(Cc1ccccc1C)C(=O)CCN1C(=O)c2ccccc2S1(=O)=O. The molecule has 38 heavy (non-hydrogen) atoms. The summed E-state index contributed by atoms with van der Waals surface area (Å²) in [4.78, 5) is 41.3. The molecule has 4 rings (SSSR count). The maximum atomic E-state index is 13.8. The Hall–Kier alpha value is -3.98. The van der Waals surface area contributed by atoms with Gasteiger partial charge >= 0.3 is 0 Å². The van der Waals surface area contributed by atoms with Gasteiger partial charge in [0.05, 0.1) is 5.56 Å². The number of fused-ring (bicyclic) bond motifs is 1. The minimum absolute atomic E-state index is 0.0570. The van der Waals surface area contributed by atoms with E-state index >= 15 is 0 Å². The Bertz CT molecular complexity index is 1440. The van der Waals surface area contributed by atoms with Gasteiger partial charge in [-0.1, -0.05) is 66.7 Å². The number of hydrogen-bond donors (Lipinski definition) is 1. The van der Waals surface area contributed by atoms with Crippen molar-refractivity contribution < 1.29 is 22.8 Å². The van der Waals surface area contributed by atoms with Crippen LogP contribution in [0.2, 0.25) is 0 Å². The Balaban J connectivity index is 1.63. The van der Waals surface area contributed by atoms with E-state index in [1.54, 1.807) is 12.1 Å². The quantitative estimate of drug-likeness (QED) is 0.431. The maximum Gasteiger partial charge on any atom is 0.269 e. The molecule has 3 amide bonds. The minimum atomic E-state index is -4.04. The summed E-state index contributed by atoms with van der Waals surface area (Å²) in [6, 6.07) is 22.2. The number of nitrogens with one attached hydrogen (secondary N) is 1. The maximum absolute atomic E-state index is 13.8. The van der Waals surface area contributed by atoms with Crippen LogP contribution >= 0.6 is 0 Å². The number of hydrogen-bond acceptors (Lipinski definition) is 5. The lowest BCUT2D eigenvalue weighted by atomic mass is 10.0. The van der Waals surface area contributed by atoms with E-state index in [4.69, 9.17) is 0 Å². The second-order valence-corrected chi connectivity index (χ2v) is 11.0. The van der Waals surface area contributed by atoms with Crippen molar-refractivity contribution in [2.45, 2.75) is 44.2 Å². The molecular formula is C29H31N3O5S. The first-order valence-electron chi connectivity index (χ1n) is 12.6. The number of rotatable bonds is 10. The van der Waals surface area contributed by atoms with Crippen molar-refractivity contribution in [2.75, 3.05) is 13.1 Å². The predicted molar refractivity (Wildman–Crippen MR) is 144 cm³/mol. The van der Waals surface area contributed by atoms with Crippen LogP contribution in [0, 0.1) is 6.92 Å². The Morgan fingerprint density at radius 2 is 1.61 bits per heavy atom. The van der Waals surface area contributed by atoms with Crippen molar-refractivity contribution in [2.24, 2.45) is 0 Å². The van der Waals surface area contributed by atoms with E-state index < -0.39 is 27.9 Å². The first-order valence-corrected chi connectivity index (χ1v) is 14.0. The van der Waals surface area contributed by atoms with Gasteiger partial charge in [0.1, 0.15) is 10.9 Å². The zero-order valence-electron chi connectivity index (χ0n) is 21.5. The van der Waals surface area contributed by atoms with E-state index in [0.29, 0.717) is 6.54 Å². The average Bonchev–Trinajstić information content (AvgIpc) is 3.11. The average molecular weight is 534 g/mol. The molecule has 0 spiro atoms. The van der Waals surface area contributed by atoms with E-state index in [-0.39, 0.29) is 42.3 Å². The number of likely N-dealkylation sites (N-methyl/N-ethyl adjacent to an activating group) is 1. The minimum Gasteiger partial charge on any atom is -0.355 e. The molecule has 1 atom stereocenters. The zero-order chi connectivity index (χ0) is 27.3. The van der Waals surface area contributed by atoms with Crippen LogP contribution in [0.4, 0.5) is 0 Å². The van der Waals surface area contributed by atoms with E-state index in [0.717, 1.165) is 21.0 Å². The van der Waals surface area contributed by atoms with Gasteiger partial charge in [0, 0.05) is 32.5 Å². The fraction of sp³-hybridized carbons (Fsp3) is 0.276. The molecule has 0 aromatic heterocycles. The highest BCUT2D eigenvalue weighted by Gasteiger charge is 2.41.